The average Bonchev–Trinajstić information content (AvgIpc) is 3.27. The van der Waals surface area contributed by atoms with Crippen molar-refractivity contribution >= 4 is 17.6 Å². The van der Waals surface area contributed by atoms with Crippen LogP contribution in [-0.2, 0) is 14.3 Å². The van der Waals surface area contributed by atoms with E-state index in [2.05, 4.69) is 0 Å². The summed E-state index contributed by atoms with van der Waals surface area (Å²) in [4.78, 5) is 26.3. The largest absolute Gasteiger partial charge is 0.481 e. The van der Waals surface area contributed by atoms with Crippen molar-refractivity contribution in [3.05, 3.63) is 65.7 Å². The first-order chi connectivity index (χ1) is 12.6. The highest BCUT2D eigenvalue weighted by Gasteiger charge is 2.41. The molecule has 0 aliphatic carbocycles. The number of ether oxygens (including phenoxy) is 1. The maximum atomic E-state index is 13.3. The predicted molar refractivity (Wildman–Crippen MR) is 97.3 cm³/mol. The van der Waals surface area contributed by atoms with Gasteiger partial charge in [0, 0.05) is 24.1 Å². The fourth-order valence-corrected chi connectivity index (χ4v) is 4.12. The van der Waals surface area contributed by atoms with Crippen LogP contribution in [0.5, 0.6) is 0 Å². The van der Waals surface area contributed by atoms with Crippen molar-refractivity contribution in [3.63, 3.8) is 0 Å². The van der Waals surface area contributed by atoms with Crippen LogP contribution in [0, 0.1) is 5.92 Å². The lowest BCUT2D eigenvalue weighted by molar-refractivity contribution is -0.137. The molecule has 2 aliphatic rings. The molecule has 0 bridgehead atoms. The van der Waals surface area contributed by atoms with Crippen molar-refractivity contribution in [3.8, 4) is 0 Å². The molecule has 0 spiro atoms. The number of hydrogen-bond donors (Lipinski definition) is 1. The van der Waals surface area contributed by atoms with Gasteiger partial charge >= 0.3 is 5.97 Å². The fraction of sp³-hybridized carbons (Fsp3) is 0.333. The number of carboxylic acid groups (broad SMARTS) is 1. The summed E-state index contributed by atoms with van der Waals surface area (Å²) in [7, 11) is 0. The molecule has 1 N–H and O–H groups in total. The number of fused-ring (bicyclic) bond motifs is 1. The number of carboxylic acids is 1. The Morgan fingerprint density at radius 2 is 1.77 bits per heavy atom. The van der Waals surface area contributed by atoms with E-state index in [4.69, 9.17) is 4.74 Å². The smallest absolute Gasteiger partial charge is 0.304 e. The van der Waals surface area contributed by atoms with Gasteiger partial charge in [-0.25, -0.2) is 0 Å². The first-order valence-corrected chi connectivity index (χ1v) is 8.90. The summed E-state index contributed by atoms with van der Waals surface area (Å²) in [5.41, 5.74) is 2.89. The Labute approximate surface area is 152 Å². The molecular weight excluding hydrogens is 330 g/mol. The summed E-state index contributed by atoms with van der Waals surface area (Å²) in [5, 5.41) is 9.20. The van der Waals surface area contributed by atoms with Gasteiger partial charge in [-0.15, -0.1) is 0 Å². The van der Waals surface area contributed by atoms with Gasteiger partial charge in [-0.05, 0) is 17.2 Å². The molecule has 2 aromatic carbocycles. The molecule has 5 heteroatoms. The first kappa shape index (κ1) is 16.8. The average molecular weight is 351 g/mol. The van der Waals surface area contributed by atoms with Gasteiger partial charge in [0.25, 0.3) is 0 Å². The normalized spacial score (nSPS) is 24.5. The zero-order chi connectivity index (χ0) is 18.1. The first-order valence-electron chi connectivity index (χ1n) is 8.90. The fourth-order valence-electron chi connectivity index (χ4n) is 4.12. The third kappa shape index (κ3) is 2.99. The van der Waals surface area contributed by atoms with Gasteiger partial charge < -0.3 is 14.7 Å². The van der Waals surface area contributed by atoms with Crippen molar-refractivity contribution in [2.75, 3.05) is 24.7 Å². The third-order valence-corrected chi connectivity index (χ3v) is 5.38. The molecule has 134 valence electrons. The van der Waals surface area contributed by atoms with E-state index in [0.717, 1.165) is 16.8 Å². The monoisotopic (exact) mass is 351 g/mol. The van der Waals surface area contributed by atoms with E-state index >= 15 is 0 Å². The van der Waals surface area contributed by atoms with Crippen LogP contribution in [-0.4, -0.2) is 36.7 Å². The minimum Gasteiger partial charge on any atom is -0.481 e. The van der Waals surface area contributed by atoms with E-state index in [9.17, 15) is 14.7 Å². The number of benzene rings is 2. The topological polar surface area (TPSA) is 66.8 Å². The van der Waals surface area contributed by atoms with Crippen LogP contribution in [0.2, 0.25) is 0 Å². The second-order valence-corrected chi connectivity index (χ2v) is 6.96. The number of aliphatic carboxylic acids is 1. The van der Waals surface area contributed by atoms with Crippen LogP contribution >= 0.6 is 0 Å². The molecule has 1 fully saturated rings. The quantitative estimate of drug-likeness (QED) is 0.919. The minimum absolute atomic E-state index is 0.0247. The Balaban J connectivity index is 1.61. The summed E-state index contributed by atoms with van der Waals surface area (Å²) in [6.45, 7) is 1.36. The van der Waals surface area contributed by atoms with Crippen LogP contribution in [0.25, 0.3) is 0 Å². The second kappa shape index (κ2) is 6.92. The second-order valence-electron chi connectivity index (χ2n) is 6.96. The summed E-state index contributed by atoms with van der Waals surface area (Å²) >= 11 is 0. The Morgan fingerprint density at radius 3 is 2.54 bits per heavy atom. The molecule has 2 aromatic rings. The molecule has 3 unspecified atom stereocenters. The van der Waals surface area contributed by atoms with E-state index in [1.165, 1.54) is 0 Å². The lowest BCUT2D eigenvalue weighted by Crippen LogP contribution is -2.38. The van der Waals surface area contributed by atoms with Gasteiger partial charge in [0.1, 0.15) is 0 Å². The summed E-state index contributed by atoms with van der Waals surface area (Å²) in [6.07, 6.45) is 0.0318. The molecule has 26 heavy (non-hydrogen) atoms. The highest BCUT2D eigenvalue weighted by Crippen LogP contribution is 2.41. The van der Waals surface area contributed by atoms with Gasteiger partial charge in [-0.1, -0.05) is 48.5 Å². The van der Waals surface area contributed by atoms with Crippen LogP contribution in [0.1, 0.15) is 29.4 Å². The molecular formula is C21H21NO4. The summed E-state index contributed by atoms with van der Waals surface area (Å²) < 4.78 is 5.64. The zero-order valence-electron chi connectivity index (χ0n) is 14.4. The van der Waals surface area contributed by atoms with Gasteiger partial charge in [0.2, 0.25) is 5.91 Å². The third-order valence-electron chi connectivity index (χ3n) is 5.38. The summed E-state index contributed by atoms with van der Waals surface area (Å²) in [5.74, 6) is -1.18. The van der Waals surface area contributed by atoms with Crippen LogP contribution in [0.3, 0.4) is 0 Å². The SMILES string of the molecule is O=C(O)CC1CN(C(=O)C2COCC2c2ccccc2)c2ccccc21. The molecule has 3 atom stereocenters. The number of para-hydroxylation sites is 1. The van der Waals surface area contributed by atoms with E-state index in [1.807, 2.05) is 54.6 Å². The Hall–Kier alpha value is -2.66. The molecule has 4 rings (SSSR count). The van der Waals surface area contributed by atoms with Crippen molar-refractivity contribution in [1.29, 1.82) is 0 Å². The highest BCUT2D eigenvalue weighted by atomic mass is 16.5. The van der Waals surface area contributed by atoms with E-state index in [-0.39, 0.29) is 30.1 Å². The lowest BCUT2D eigenvalue weighted by Gasteiger charge is -2.24. The van der Waals surface area contributed by atoms with E-state index in [1.54, 1.807) is 4.90 Å². The zero-order valence-corrected chi connectivity index (χ0v) is 14.4. The molecule has 0 radical (unpaired) electrons. The van der Waals surface area contributed by atoms with E-state index in [0.29, 0.717) is 19.8 Å². The number of carbonyl (C=O) groups excluding carboxylic acids is 1. The van der Waals surface area contributed by atoms with Gasteiger partial charge in [-0.2, -0.15) is 0 Å². The van der Waals surface area contributed by atoms with Crippen LogP contribution in [0.4, 0.5) is 5.69 Å². The Bertz CT molecular complexity index is 820. The predicted octanol–water partition coefficient (Wildman–Crippen LogP) is 3.02. The molecule has 0 aromatic heterocycles. The van der Waals surface area contributed by atoms with Crippen molar-refractivity contribution in [1.82, 2.24) is 0 Å². The van der Waals surface area contributed by atoms with Crippen LogP contribution < -0.4 is 4.90 Å². The van der Waals surface area contributed by atoms with Gasteiger partial charge in [-0.3, -0.25) is 9.59 Å². The van der Waals surface area contributed by atoms with Crippen molar-refractivity contribution < 1.29 is 19.4 Å². The molecule has 1 saturated heterocycles. The highest BCUT2D eigenvalue weighted by molar-refractivity contribution is 5.98. The number of nitrogens with zero attached hydrogens (tertiary/aromatic N) is 1. The number of amides is 1. The number of rotatable bonds is 4. The molecule has 2 aliphatic heterocycles. The Kier molecular flexibility index (Phi) is 4.47. The minimum atomic E-state index is -0.842. The molecule has 0 saturated carbocycles. The number of hydrogen-bond acceptors (Lipinski definition) is 3. The van der Waals surface area contributed by atoms with Crippen molar-refractivity contribution in [2.45, 2.75) is 18.3 Å². The maximum absolute atomic E-state index is 13.3. The maximum Gasteiger partial charge on any atom is 0.304 e. The number of anilines is 1. The van der Waals surface area contributed by atoms with E-state index < -0.39 is 5.97 Å². The lowest BCUT2D eigenvalue weighted by atomic mass is 9.88. The standard InChI is InChI=1S/C21H21NO4/c23-20(24)10-15-11-22(19-9-5-4-8-16(15)19)21(25)18-13-26-12-17(18)14-6-2-1-3-7-14/h1-9,15,17-18H,10-13H2,(H,23,24). The molecule has 2 heterocycles. The van der Waals surface area contributed by atoms with Gasteiger partial charge in [0.05, 0.1) is 25.6 Å². The molecule has 5 nitrogen and oxygen atoms in total. The van der Waals surface area contributed by atoms with Crippen LogP contribution in [0.15, 0.2) is 54.6 Å². The molecule has 1 amide bonds. The van der Waals surface area contributed by atoms with Gasteiger partial charge in [0.15, 0.2) is 0 Å². The summed E-state index contributed by atoms with van der Waals surface area (Å²) in [6, 6.07) is 17.6. The van der Waals surface area contributed by atoms with Crippen molar-refractivity contribution in [2.24, 2.45) is 5.92 Å². The number of carbonyl (C=O) groups is 2. The Morgan fingerprint density at radius 1 is 1.04 bits per heavy atom.